The van der Waals surface area contributed by atoms with Gasteiger partial charge in [0, 0.05) is 19.6 Å². The minimum absolute atomic E-state index is 0.670. The van der Waals surface area contributed by atoms with Crippen molar-refractivity contribution in [2.45, 2.75) is 0 Å². The van der Waals surface area contributed by atoms with E-state index >= 15 is 0 Å². The topological polar surface area (TPSA) is 47.3 Å². The Balaban J connectivity index is 2.66. The van der Waals surface area contributed by atoms with Crippen LogP contribution in [-0.4, -0.2) is 26.2 Å². The Morgan fingerprint density at radius 2 is 2.33 bits per heavy atom. The summed E-state index contributed by atoms with van der Waals surface area (Å²) in [5.41, 5.74) is 5.22. The highest BCUT2D eigenvalue weighted by Crippen LogP contribution is 1.69. The molecule has 0 aromatic heterocycles. The van der Waals surface area contributed by atoms with E-state index in [1.807, 2.05) is 0 Å². The molecule has 0 aliphatic heterocycles. The first kappa shape index (κ1) is 8.46. The maximum Gasteiger partial charge on any atom is 0.0997 e. The van der Waals surface area contributed by atoms with Gasteiger partial charge in [-0.15, -0.1) is 0 Å². The van der Waals surface area contributed by atoms with Crippen LogP contribution < -0.4 is 11.1 Å². The predicted octanol–water partition coefficient (Wildman–Crippen LogP) is -0.305. The fraction of sp³-hybridized carbons (Fsp3) is 0.667. The zero-order valence-electron chi connectivity index (χ0n) is 5.60. The van der Waals surface area contributed by atoms with Gasteiger partial charge in [0.25, 0.3) is 0 Å². The summed E-state index contributed by atoms with van der Waals surface area (Å²) in [4.78, 5) is 0. The number of hydrogen-bond acceptors (Lipinski definition) is 3. The fourth-order valence-electron chi connectivity index (χ4n) is 0.441. The highest BCUT2D eigenvalue weighted by molar-refractivity contribution is 4.51. The molecule has 0 aliphatic rings. The summed E-state index contributed by atoms with van der Waals surface area (Å²) < 4.78 is 4.84. The van der Waals surface area contributed by atoms with Gasteiger partial charge in [-0.05, 0) is 0 Å². The molecule has 0 spiro atoms. The summed E-state index contributed by atoms with van der Waals surface area (Å²) in [6, 6.07) is 0. The molecule has 3 N–H and O–H groups in total. The van der Waals surface area contributed by atoms with Crippen molar-refractivity contribution >= 4 is 0 Å². The molecule has 0 aromatic carbocycles. The van der Waals surface area contributed by atoms with Crippen LogP contribution in [0.2, 0.25) is 0 Å². The second kappa shape index (κ2) is 7.46. The van der Waals surface area contributed by atoms with Crippen LogP contribution in [0.4, 0.5) is 0 Å². The van der Waals surface area contributed by atoms with Gasteiger partial charge >= 0.3 is 0 Å². The third kappa shape index (κ3) is 7.46. The Labute approximate surface area is 55.9 Å². The summed E-state index contributed by atoms with van der Waals surface area (Å²) in [6.07, 6.45) is 1.43. The monoisotopic (exact) mass is 130 g/mol. The predicted molar refractivity (Wildman–Crippen MR) is 38.1 cm³/mol. The fourth-order valence-corrected chi connectivity index (χ4v) is 0.441. The molecule has 0 saturated heterocycles. The van der Waals surface area contributed by atoms with Gasteiger partial charge < -0.3 is 15.8 Å². The zero-order chi connectivity index (χ0) is 6.95. The van der Waals surface area contributed by atoms with Crippen molar-refractivity contribution in [2.75, 3.05) is 26.2 Å². The maximum absolute atomic E-state index is 5.22. The largest absolute Gasteiger partial charge is 0.500 e. The van der Waals surface area contributed by atoms with Gasteiger partial charge in [0.05, 0.1) is 12.9 Å². The van der Waals surface area contributed by atoms with E-state index in [-0.39, 0.29) is 0 Å². The van der Waals surface area contributed by atoms with E-state index < -0.39 is 0 Å². The Morgan fingerprint density at radius 3 is 2.89 bits per heavy atom. The van der Waals surface area contributed by atoms with Crippen LogP contribution in [0.1, 0.15) is 0 Å². The van der Waals surface area contributed by atoms with Crippen LogP contribution in [0.5, 0.6) is 0 Å². The minimum Gasteiger partial charge on any atom is -0.500 e. The molecule has 0 rings (SSSR count). The lowest BCUT2D eigenvalue weighted by Gasteiger charge is -2.00. The van der Waals surface area contributed by atoms with E-state index in [9.17, 15) is 0 Å². The molecular formula is C6H14N2O. The normalized spacial score (nSPS) is 9.00. The summed E-state index contributed by atoms with van der Waals surface area (Å²) in [5.74, 6) is 0. The number of rotatable bonds is 6. The SMILES string of the molecule is C=COCCNCCN. The van der Waals surface area contributed by atoms with Gasteiger partial charge in [0.2, 0.25) is 0 Å². The Morgan fingerprint density at radius 1 is 1.56 bits per heavy atom. The van der Waals surface area contributed by atoms with Crippen molar-refractivity contribution in [1.82, 2.24) is 5.32 Å². The first-order chi connectivity index (χ1) is 4.41. The van der Waals surface area contributed by atoms with E-state index in [4.69, 9.17) is 10.5 Å². The molecule has 3 nitrogen and oxygen atoms in total. The van der Waals surface area contributed by atoms with Gasteiger partial charge in [0.1, 0.15) is 0 Å². The third-order valence-corrected chi connectivity index (χ3v) is 0.836. The molecule has 0 amide bonds. The number of hydrogen-bond donors (Lipinski definition) is 2. The Kier molecular flexibility index (Phi) is 7.01. The third-order valence-electron chi connectivity index (χ3n) is 0.836. The van der Waals surface area contributed by atoms with Gasteiger partial charge in [-0.25, -0.2) is 0 Å². The molecule has 0 unspecified atom stereocenters. The molecule has 0 aliphatic carbocycles. The average molecular weight is 130 g/mol. The second-order valence-electron chi connectivity index (χ2n) is 1.58. The van der Waals surface area contributed by atoms with Gasteiger partial charge in [-0.2, -0.15) is 0 Å². The molecule has 9 heavy (non-hydrogen) atoms. The Hall–Kier alpha value is -0.540. The van der Waals surface area contributed by atoms with Crippen molar-refractivity contribution in [2.24, 2.45) is 5.73 Å². The lowest BCUT2D eigenvalue weighted by molar-refractivity contribution is 0.251. The molecule has 0 atom stereocenters. The van der Waals surface area contributed by atoms with Crippen molar-refractivity contribution in [3.05, 3.63) is 12.8 Å². The maximum atomic E-state index is 5.22. The van der Waals surface area contributed by atoms with Gasteiger partial charge in [-0.1, -0.05) is 6.58 Å². The molecule has 54 valence electrons. The lowest BCUT2D eigenvalue weighted by Crippen LogP contribution is -2.25. The van der Waals surface area contributed by atoms with Gasteiger partial charge in [-0.3, -0.25) is 0 Å². The van der Waals surface area contributed by atoms with Crippen LogP contribution in [-0.2, 0) is 4.74 Å². The standard InChI is InChI=1S/C6H14N2O/c1-2-9-6-5-8-4-3-7/h2,8H,1,3-7H2. The summed E-state index contributed by atoms with van der Waals surface area (Å²) >= 11 is 0. The number of nitrogens with two attached hydrogens (primary N) is 1. The molecule has 0 aromatic rings. The zero-order valence-corrected chi connectivity index (χ0v) is 5.60. The van der Waals surface area contributed by atoms with Crippen LogP contribution >= 0.6 is 0 Å². The van der Waals surface area contributed by atoms with E-state index in [0.717, 1.165) is 13.1 Å². The molecule has 0 bridgehead atoms. The molecule has 0 fully saturated rings. The van der Waals surface area contributed by atoms with Gasteiger partial charge in [0.15, 0.2) is 0 Å². The first-order valence-electron chi connectivity index (χ1n) is 3.05. The van der Waals surface area contributed by atoms with Crippen molar-refractivity contribution < 1.29 is 4.74 Å². The summed E-state index contributed by atoms with van der Waals surface area (Å²) in [6.45, 7) is 6.43. The van der Waals surface area contributed by atoms with Crippen LogP contribution in [0.3, 0.4) is 0 Å². The number of ether oxygens (including phenoxy) is 1. The van der Waals surface area contributed by atoms with E-state index in [0.29, 0.717) is 13.2 Å². The Bertz CT molecular complexity index is 66.1. The molecule has 0 saturated carbocycles. The lowest BCUT2D eigenvalue weighted by atomic mass is 10.6. The number of nitrogens with one attached hydrogen (secondary N) is 1. The minimum atomic E-state index is 0.670. The molecule has 0 radical (unpaired) electrons. The van der Waals surface area contributed by atoms with Crippen molar-refractivity contribution in [3.8, 4) is 0 Å². The van der Waals surface area contributed by atoms with E-state index in [2.05, 4.69) is 11.9 Å². The summed E-state index contributed by atoms with van der Waals surface area (Å²) in [7, 11) is 0. The summed E-state index contributed by atoms with van der Waals surface area (Å²) in [5, 5.41) is 3.07. The first-order valence-corrected chi connectivity index (χ1v) is 3.05. The van der Waals surface area contributed by atoms with Crippen molar-refractivity contribution in [3.63, 3.8) is 0 Å². The van der Waals surface area contributed by atoms with Crippen LogP contribution in [0, 0.1) is 0 Å². The highest BCUT2D eigenvalue weighted by Gasteiger charge is 1.81. The van der Waals surface area contributed by atoms with Crippen LogP contribution in [0.15, 0.2) is 12.8 Å². The molecule has 0 heterocycles. The molecule has 3 heteroatoms. The smallest absolute Gasteiger partial charge is 0.0997 e. The van der Waals surface area contributed by atoms with E-state index in [1.165, 1.54) is 6.26 Å². The quantitative estimate of drug-likeness (QED) is 0.383. The molecular weight excluding hydrogens is 116 g/mol. The highest BCUT2D eigenvalue weighted by atomic mass is 16.5. The van der Waals surface area contributed by atoms with Crippen molar-refractivity contribution in [1.29, 1.82) is 0 Å². The van der Waals surface area contributed by atoms with E-state index in [1.54, 1.807) is 0 Å². The average Bonchev–Trinajstić information content (AvgIpc) is 1.89. The second-order valence-corrected chi connectivity index (χ2v) is 1.58. The van der Waals surface area contributed by atoms with Crippen LogP contribution in [0.25, 0.3) is 0 Å².